The Morgan fingerprint density at radius 3 is 2.95 bits per heavy atom. The highest BCUT2D eigenvalue weighted by atomic mass is 32.1. The first-order valence-electron chi connectivity index (χ1n) is 6.50. The quantitative estimate of drug-likeness (QED) is 0.754. The van der Waals surface area contributed by atoms with Crippen LogP contribution < -0.4 is 16.0 Å². The van der Waals surface area contributed by atoms with Crippen LogP contribution in [-0.4, -0.2) is 40.1 Å². The SMILES string of the molecule is CC1(O)CCN(c2snc(N)c2C(=O)NC2CC2)C1. The maximum atomic E-state index is 12.2. The molecular weight excluding hydrogens is 264 g/mol. The van der Waals surface area contributed by atoms with Crippen molar-refractivity contribution in [3.63, 3.8) is 0 Å². The van der Waals surface area contributed by atoms with E-state index in [-0.39, 0.29) is 11.7 Å². The number of nitrogens with one attached hydrogen (secondary N) is 1. The second-order valence-corrected chi connectivity index (χ2v) is 6.42. The summed E-state index contributed by atoms with van der Waals surface area (Å²) in [6, 6.07) is 0.293. The number of anilines is 2. The van der Waals surface area contributed by atoms with E-state index in [0.717, 1.165) is 24.4 Å². The fraction of sp³-hybridized carbons (Fsp3) is 0.667. The molecule has 1 aromatic heterocycles. The number of carbonyl (C=O) groups excluding carboxylic acids is 1. The summed E-state index contributed by atoms with van der Waals surface area (Å²) >= 11 is 1.23. The standard InChI is InChI=1S/C12H18N4O2S/c1-12(18)4-5-16(6-12)11-8(9(13)15-19-11)10(17)14-7-2-3-7/h7,18H,2-6H2,1H3,(H2,13,15)(H,14,17). The van der Waals surface area contributed by atoms with Crippen molar-refractivity contribution in [2.24, 2.45) is 0 Å². The number of nitrogens with zero attached hydrogens (tertiary/aromatic N) is 2. The normalized spacial score (nSPS) is 26.7. The van der Waals surface area contributed by atoms with Gasteiger partial charge in [-0.15, -0.1) is 0 Å². The number of rotatable bonds is 3. The van der Waals surface area contributed by atoms with Crippen LogP contribution in [0.2, 0.25) is 0 Å². The summed E-state index contributed by atoms with van der Waals surface area (Å²) in [6.07, 6.45) is 2.77. The summed E-state index contributed by atoms with van der Waals surface area (Å²) in [5, 5.41) is 13.7. The predicted molar refractivity (Wildman–Crippen MR) is 74.5 cm³/mol. The van der Waals surface area contributed by atoms with Crippen LogP contribution in [-0.2, 0) is 0 Å². The largest absolute Gasteiger partial charge is 0.388 e. The van der Waals surface area contributed by atoms with Gasteiger partial charge >= 0.3 is 0 Å². The topological polar surface area (TPSA) is 91.5 Å². The van der Waals surface area contributed by atoms with Gasteiger partial charge in [0, 0.05) is 19.1 Å². The van der Waals surface area contributed by atoms with Gasteiger partial charge < -0.3 is 21.1 Å². The predicted octanol–water partition coefficient (Wildman–Crippen LogP) is 0.579. The zero-order valence-electron chi connectivity index (χ0n) is 10.8. The summed E-state index contributed by atoms with van der Waals surface area (Å²) in [5.41, 5.74) is 5.58. The molecule has 19 heavy (non-hydrogen) atoms. The molecule has 1 unspecified atom stereocenters. The maximum absolute atomic E-state index is 12.2. The third-order valence-electron chi connectivity index (χ3n) is 3.58. The van der Waals surface area contributed by atoms with E-state index in [4.69, 9.17) is 5.73 Å². The van der Waals surface area contributed by atoms with E-state index in [9.17, 15) is 9.90 Å². The molecule has 1 saturated carbocycles. The first-order chi connectivity index (χ1) is 8.96. The fourth-order valence-corrected chi connectivity index (χ4v) is 3.16. The Balaban J connectivity index is 1.83. The van der Waals surface area contributed by atoms with Crippen molar-refractivity contribution >= 4 is 28.3 Å². The highest BCUT2D eigenvalue weighted by Crippen LogP contribution is 2.35. The Labute approximate surface area is 115 Å². The molecule has 1 aromatic rings. The third kappa shape index (κ3) is 2.52. The van der Waals surface area contributed by atoms with Crippen molar-refractivity contribution in [3.8, 4) is 0 Å². The van der Waals surface area contributed by atoms with E-state index in [1.165, 1.54) is 11.5 Å². The number of hydrogen-bond acceptors (Lipinski definition) is 6. The molecule has 0 bridgehead atoms. The zero-order chi connectivity index (χ0) is 13.6. The summed E-state index contributed by atoms with van der Waals surface area (Å²) in [6.45, 7) is 3.04. The highest BCUT2D eigenvalue weighted by molar-refractivity contribution is 7.11. The van der Waals surface area contributed by atoms with Crippen LogP contribution in [0, 0.1) is 0 Å². The third-order valence-corrected chi connectivity index (χ3v) is 4.50. The van der Waals surface area contributed by atoms with Crippen LogP contribution in [0.1, 0.15) is 36.5 Å². The minimum absolute atomic E-state index is 0.143. The molecule has 2 heterocycles. The lowest BCUT2D eigenvalue weighted by molar-refractivity contribution is 0.0838. The zero-order valence-corrected chi connectivity index (χ0v) is 11.7. The lowest BCUT2D eigenvalue weighted by Crippen LogP contribution is -2.31. The first-order valence-corrected chi connectivity index (χ1v) is 7.27. The molecule has 0 spiro atoms. The van der Waals surface area contributed by atoms with E-state index >= 15 is 0 Å². The molecule has 4 N–H and O–H groups in total. The highest BCUT2D eigenvalue weighted by Gasteiger charge is 2.35. The number of amides is 1. The minimum atomic E-state index is -0.705. The average molecular weight is 282 g/mol. The lowest BCUT2D eigenvalue weighted by atomic mass is 10.1. The molecule has 1 amide bonds. The molecule has 2 aliphatic rings. The van der Waals surface area contributed by atoms with Crippen molar-refractivity contribution in [3.05, 3.63) is 5.56 Å². The number of β-amino-alcohol motifs (C(OH)–C–C–N with tert-alkyl or cyclic N) is 1. The molecule has 1 saturated heterocycles. The van der Waals surface area contributed by atoms with Crippen molar-refractivity contribution < 1.29 is 9.90 Å². The van der Waals surface area contributed by atoms with Crippen molar-refractivity contribution in [2.75, 3.05) is 23.7 Å². The first kappa shape index (κ1) is 12.7. The maximum Gasteiger partial charge on any atom is 0.258 e. The van der Waals surface area contributed by atoms with Gasteiger partial charge in [0.05, 0.1) is 5.60 Å². The molecule has 2 fully saturated rings. The number of nitrogens with two attached hydrogens (primary N) is 1. The molecule has 6 nitrogen and oxygen atoms in total. The fourth-order valence-electron chi connectivity index (χ4n) is 2.33. The van der Waals surface area contributed by atoms with E-state index in [1.54, 1.807) is 6.92 Å². The van der Waals surface area contributed by atoms with Crippen molar-refractivity contribution in [1.29, 1.82) is 0 Å². The van der Waals surface area contributed by atoms with Crippen LogP contribution in [0.15, 0.2) is 0 Å². The molecule has 0 aromatic carbocycles. The Hall–Kier alpha value is -1.34. The minimum Gasteiger partial charge on any atom is -0.388 e. The van der Waals surface area contributed by atoms with Gasteiger partial charge in [0.2, 0.25) is 0 Å². The van der Waals surface area contributed by atoms with Gasteiger partial charge in [-0.3, -0.25) is 4.79 Å². The Bertz CT molecular complexity index is 510. The van der Waals surface area contributed by atoms with Crippen molar-refractivity contribution in [1.82, 2.24) is 9.69 Å². The Morgan fingerprint density at radius 2 is 2.37 bits per heavy atom. The van der Waals surface area contributed by atoms with Gasteiger partial charge in [0.1, 0.15) is 10.6 Å². The number of aliphatic hydroxyl groups is 1. The van der Waals surface area contributed by atoms with Gasteiger partial charge in [0.15, 0.2) is 5.82 Å². The molecule has 104 valence electrons. The second kappa shape index (κ2) is 4.35. The van der Waals surface area contributed by atoms with E-state index in [0.29, 0.717) is 24.6 Å². The monoisotopic (exact) mass is 282 g/mol. The molecule has 1 atom stereocenters. The van der Waals surface area contributed by atoms with Crippen LogP contribution in [0.3, 0.4) is 0 Å². The summed E-state index contributed by atoms with van der Waals surface area (Å²) < 4.78 is 4.09. The molecule has 1 aliphatic carbocycles. The van der Waals surface area contributed by atoms with Crippen molar-refractivity contribution in [2.45, 2.75) is 37.8 Å². The summed E-state index contributed by atoms with van der Waals surface area (Å²) in [4.78, 5) is 14.2. The van der Waals surface area contributed by atoms with Crippen LogP contribution >= 0.6 is 11.5 Å². The van der Waals surface area contributed by atoms with Gasteiger partial charge in [-0.2, -0.15) is 4.37 Å². The van der Waals surface area contributed by atoms with Gasteiger partial charge in [-0.1, -0.05) is 0 Å². The average Bonchev–Trinajstić information content (AvgIpc) is 2.94. The van der Waals surface area contributed by atoms with E-state index < -0.39 is 5.60 Å². The van der Waals surface area contributed by atoms with Crippen LogP contribution in [0.25, 0.3) is 0 Å². The number of carbonyl (C=O) groups is 1. The summed E-state index contributed by atoms with van der Waals surface area (Å²) in [5.74, 6) is 0.139. The lowest BCUT2D eigenvalue weighted by Gasteiger charge is -2.20. The number of aromatic nitrogens is 1. The van der Waals surface area contributed by atoms with Gasteiger partial charge in [-0.25, -0.2) is 0 Å². The van der Waals surface area contributed by atoms with Crippen LogP contribution in [0.4, 0.5) is 10.8 Å². The molecule has 0 radical (unpaired) electrons. The van der Waals surface area contributed by atoms with E-state index in [2.05, 4.69) is 9.69 Å². The summed E-state index contributed by atoms with van der Waals surface area (Å²) in [7, 11) is 0. The molecule has 3 rings (SSSR count). The Kier molecular flexibility index (Phi) is 2.90. The molecular formula is C12H18N4O2S. The molecule has 1 aliphatic heterocycles. The second-order valence-electron chi connectivity index (χ2n) is 5.66. The molecule has 7 heteroatoms. The van der Waals surface area contributed by atoms with E-state index in [1.807, 2.05) is 4.90 Å². The number of hydrogen-bond donors (Lipinski definition) is 3. The van der Waals surface area contributed by atoms with Gasteiger partial charge in [0.25, 0.3) is 5.91 Å². The van der Waals surface area contributed by atoms with Crippen LogP contribution in [0.5, 0.6) is 0 Å². The smallest absolute Gasteiger partial charge is 0.258 e. The van der Waals surface area contributed by atoms with Gasteiger partial charge in [-0.05, 0) is 37.7 Å². The number of nitrogen functional groups attached to an aromatic ring is 1. The Morgan fingerprint density at radius 1 is 1.63 bits per heavy atom.